The molecule has 0 aromatic carbocycles. The van der Waals surface area contributed by atoms with Crippen LogP contribution in [0.4, 0.5) is 0 Å². The average molecular weight is 158 g/mol. The third-order valence-corrected chi connectivity index (χ3v) is 2.03. The van der Waals surface area contributed by atoms with E-state index in [4.69, 9.17) is 5.73 Å². The van der Waals surface area contributed by atoms with Gasteiger partial charge in [-0.05, 0) is 20.0 Å². The first-order chi connectivity index (χ1) is 5.00. The van der Waals surface area contributed by atoms with Crippen molar-refractivity contribution in [2.24, 2.45) is 11.7 Å². The normalized spacial score (nSPS) is 16.5. The molecule has 0 aliphatic rings. The fourth-order valence-electron chi connectivity index (χ4n) is 1.27. The van der Waals surface area contributed by atoms with Crippen molar-refractivity contribution in [3.05, 3.63) is 0 Å². The fraction of sp³-hybridized carbons (Fsp3) is 0.875. The van der Waals surface area contributed by atoms with E-state index in [9.17, 15) is 4.79 Å². The lowest BCUT2D eigenvalue weighted by Gasteiger charge is -2.26. The van der Waals surface area contributed by atoms with Crippen LogP contribution in [0.5, 0.6) is 0 Å². The van der Waals surface area contributed by atoms with Gasteiger partial charge in [-0.3, -0.25) is 9.69 Å². The SMILES string of the molecule is CCC(C)[C@@H](C(N)=O)N(C)C. The van der Waals surface area contributed by atoms with Crippen LogP contribution in [0.15, 0.2) is 0 Å². The molecule has 0 rings (SSSR count). The van der Waals surface area contributed by atoms with E-state index in [1.165, 1.54) is 0 Å². The Morgan fingerprint density at radius 1 is 1.55 bits per heavy atom. The zero-order chi connectivity index (χ0) is 9.02. The molecule has 1 amide bonds. The van der Waals surface area contributed by atoms with Crippen LogP contribution in [0.3, 0.4) is 0 Å². The number of hydrogen-bond donors (Lipinski definition) is 1. The molecule has 2 N–H and O–H groups in total. The number of nitrogens with two attached hydrogens (primary N) is 1. The zero-order valence-corrected chi connectivity index (χ0v) is 7.79. The monoisotopic (exact) mass is 158 g/mol. The lowest BCUT2D eigenvalue weighted by atomic mass is 9.98. The van der Waals surface area contributed by atoms with Crippen LogP contribution >= 0.6 is 0 Å². The molecule has 0 aromatic rings. The van der Waals surface area contributed by atoms with E-state index in [2.05, 4.69) is 6.92 Å². The van der Waals surface area contributed by atoms with Gasteiger partial charge in [-0.25, -0.2) is 0 Å². The van der Waals surface area contributed by atoms with Crippen molar-refractivity contribution < 1.29 is 4.79 Å². The summed E-state index contributed by atoms with van der Waals surface area (Å²) in [5.41, 5.74) is 5.23. The van der Waals surface area contributed by atoms with Crippen LogP contribution < -0.4 is 5.73 Å². The smallest absolute Gasteiger partial charge is 0.235 e. The Morgan fingerprint density at radius 3 is 2.09 bits per heavy atom. The Kier molecular flexibility index (Phi) is 4.11. The van der Waals surface area contributed by atoms with Gasteiger partial charge in [0.05, 0.1) is 6.04 Å². The lowest BCUT2D eigenvalue weighted by molar-refractivity contribution is -0.123. The maximum atomic E-state index is 10.9. The van der Waals surface area contributed by atoms with Gasteiger partial charge in [-0.2, -0.15) is 0 Å². The summed E-state index contributed by atoms with van der Waals surface area (Å²) in [4.78, 5) is 12.8. The number of hydrogen-bond acceptors (Lipinski definition) is 2. The van der Waals surface area contributed by atoms with E-state index in [1.54, 1.807) is 0 Å². The van der Waals surface area contributed by atoms with Crippen molar-refractivity contribution in [1.29, 1.82) is 0 Å². The Hall–Kier alpha value is -0.570. The Morgan fingerprint density at radius 2 is 2.00 bits per heavy atom. The first-order valence-electron chi connectivity index (χ1n) is 3.96. The molecule has 1 unspecified atom stereocenters. The summed E-state index contributed by atoms with van der Waals surface area (Å²) in [6.45, 7) is 4.10. The minimum atomic E-state index is -0.232. The molecule has 0 saturated heterocycles. The molecule has 0 saturated carbocycles. The third kappa shape index (κ3) is 2.89. The number of amides is 1. The van der Waals surface area contributed by atoms with E-state index >= 15 is 0 Å². The second-order valence-electron chi connectivity index (χ2n) is 3.20. The largest absolute Gasteiger partial charge is 0.368 e. The Labute approximate surface area is 68.6 Å². The molecule has 0 heterocycles. The highest BCUT2D eigenvalue weighted by Gasteiger charge is 2.22. The average Bonchev–Trinajstić information content (AvgIpc) is 1.85. The van der Waals surface area contributed by atoms with Crippen molar-refractivity contribution in [3.8, 4) is 0 Å². The molecule has 0 aromatic heterocycles. The van der Waals surface area contributed by atoms with Gasteiger partial charge in [-0.15, -0.1) is 0 Å². The third-order valence-electron chi connectivity index (χ3n) is 2.03. The van der Waals surface area contributed by atoms with Crippen LogP contribution in [0.25, 0.3) is 0 Å². The van der Waals surface area contributed by atoms with E-state index in [0.29, 0.717) is 5.92 Å². The van der Waals surface area contributed by atoms with Gasteiger partial charge in [-0.1, -0.05) is 20.3 Å². The standard InChI is InChI=1S/C8H18N2O/c1-5-6(2)7(8(9)11)10(3)4/h6-7H,5H2,1-4H3,(H2,9,11)/t6?,7-/m0/s1. The number of carbonyl (C=O) groups excluding carboxylic acids is 1. The summed E-state index contributed by atoms with van der Waals surface area (Å²) in [5.74, 6) is 0.104. The van der Waals surface area contributed by atoms with Crippen molar-refractivity contribution in [2.75, 3.05) is 14.1 Å². The minimum Gasteiger partial charge on any atom is -0.368 e. The van der Waals surface area contributed by atoms with E-state index in [0.717, 1.165) is 6.42 Å². The van der Waals surface area contributed by atoms with Gasteiger partial charge < -0.3 is 5.73 Å². The number of rotatable bonds is 4. The quantitative estimate of drug-likeness (QED) is 0.645. The summed E-state index contributed by atoms with van der Waals surface area (Å²) in [5, 5.41) is 0. The summed E-state index contributed by atoms with van der Waals surface area (Å²) >= 11 is 0. The number of carbonyl (C=O) groups is 1. The predicted molar refractivity (Wildman–Crippen MR) is 46.1 cm³/mol. The molecule has 0 radical (unpaired) electrons. The molecule has 0 aliphatic heterocycles. The summed E-state index contributed by atoms with van der Waals surface area (Å²) < 4.78 is 0. The van der Waals surface area contributed by atoms with Gasteiger partial charge in [0.1, 0.15) is 0 Å². The van der Waals surface area contributed by atoms with Crippen LogP contribution in [0.1, 0.15) is 20.3 Å². The van der Waals surface area contributed by atoms with Crippen LogP contribution in [-0.4, -0.2) is 30.9 Å². The van der Waals surface area contributed by atoms with Gasteiger partial charge in [0, 0.05) is 0 Å². The molecule has 0 fully saturated rings. The van der Waals surface area contributed by atoms with Crippen molar-refractivity contribution in [3.63, 3.8) is 0 Å². The second-order valence-corrected chi connectivity index (χ2v) is 3.20. The fourth-order valence-corrected chi connectivity index (χ4v) is 1.27. The topological polar surface area (TPSA) is 46.3 Å². The highest BCUT2D eigenvalue weighted by atomic mass is 16.1. The Bertz CT molecular complexity index is 134. The molecule has 2 atom stereocenters. The van der Waals surface area contributed by atoms with Crippen molar-refractivity contribution >= 4 is 5.91 Å². The van der Waals surface area contributed by atoms with Gasteiger partial charge in [0.15, 0.2) is 0 Å². The molecular formula is C8H18N2O. The van der Waals surface area contributed by atoms with Gasteiger partial charge in [0.25, 0.3) is 0 Å². The first kappa shape index (κ1) is 10.4. The van der Waals surface area contributed by atoms with Crippen molar-refractivity contribution in [1.82, 2.24) is 4.90 Å². The first-order valence-corrected chi connectivity index (χ1v) is 3.96. The lowest BCUT2D eigenvalue weighted by Crippen LogP contribution is -2.44. The maximum Gasteiger partial charge on any atom is 0.235 e. The minimum absolute atomic E-state index is 0.125. The number of primary amides is 1. The van der Waals surface area contributed by atoms with Gasteiger partial charge >= 0.3 is 0 Å². The molecule has 3 nitrogen and oxygen atoms in total. The highest BCUT2D eigenvalue weighted by molar-refractivity contribution is 5.80. The Balaban J connectivity index is 4.21. The predicted octanol–water partition coefficient (Wildman–Crippen LogP) is 0.448. The molecular weight excluding hydrogens is 140 g/mol. The zero-order valence-electron chi connectivity index (χ0n) is 7.79. The molecule has 3 heteroatoms. The molecule has 0 bridgehead atoms. The summed E-state index contributed by atoms with van der Waals surface area (Å²) in [6, 6.07) is -0.125. The maximum absolute atomic E-state index is 10.9. The van der Waals surface area contributed by atoms with Crippen LogP contribution in [0.2, 0.25) is 0 Å². The number of nitrogens with zero attached hydrogens (tertiary/aromatic N) is 1. The van der Waals surface area contributed by atoms with E-state index in [1.807, 2.05) is 25.9 Å². The van der Waals surface area contributed by atoms with Crippen molar-refractivity contribution in [2.45, 2.75) is 26.3 Å². The molecule has 66 valence electrons. The number of likely N-dealkylation sites (N-methyl/N-ethyl adjacent to an activating group) is 1. The highest BCUT2D eigenvalue weighted by Crippen LogP contribution is 2.11. The van der Waals surface area contributed by atoms with E-state index < -0.39 is 0 Å². The summed E-state index contributed by atoms with van der Waals surface area (Å²) in [6.07, 6.45) is 0.978. The molecule has 0 aliphatic carbocycles. The molecule has 11 heavy (non-hydrogen) atoms. The van der Waals surface area contributed by atoms with Crippen LogP contribution in [-0.2, 0) is 4.79 Å². The molecule has 0 spiro atoms. The second kappa shape index (κ2) is 4.34. The van der Waals surface area contributed by atoms with Crippen LogP contribution in [0, 0.1) is 5.92 Å². The van der Waals surface area contributed by atoms with Gasteiger partial charge in [0.2, 0.25) is 5.91 Å². The van der Waals surface area contributed by atoms with E-state index in [-0.39, 0.29) is 11.9 Å². The summed E-state index contributed by atoms with van der Waals surface area (Å²) in [7, 11) is 3.75.